The summed E-state index contributed by atoms with van der Waals surface area (Å²) in [4.78, 5) is 14.4. The molecule has 3 rings (SSSR count). The van der Waals surface area contributed by atoms with E-state index in [4.69, 9.17) is 0 Å². The van der Waals surface area contributed by atoms with Crippen LogP contribution < -0.4 is 4.31 Å². The summed E-state index contributed by atoms with van der Waals surface area (Å²) in [7, 11) is -3.70. The van der Waals surface area contributed by atoms with Crippen molar-refractivity contribution in [1.82, 2.24) is 4.90 Å². The van der Waals surface area contributed by atoms with E-state index < -0.39 is 15.8 Å². The number of likely N-dealkylation sites (tertiary alicyclic amines) is 1. The van der Waals surface area contributed by atoms with E-state index >= 15 is 0 Å². The second kappa shape index (κ2) is 8.73. The number of halogens is 1. The number of piperidine rings is 1. The largest absolute Gasteiger partial charge is 0.341 e. The lowest BCUT2D eigenvalue weighted by atomic mass is 9.90. The van der Waals surface area contributed by atoms with Gasteiger partial charge in [-0.25, -0.2) is 12.8 Å². The zero-order valence-electron chi connectivity index (χ0n) is 15.9. The highest BCUT2D eigenvalue weighted by molar-refractivity contribution is 7.92. The molecule has 0 aliphatic carbocycles. The van der Waals surface area contributed by atoms with E-state index in [9.17, 15) is 17.6 Å². The highest BCUT2D eigenvalue weighted by atomic mass is 32.2. The summed E-state index contributed by atoms with van der Waals surface area (Å²) >= 11 is 0. The predicted octanol–water partition coefficient (Wildman–Crippen LogP) is 3.07. The van der Waals surface area contributed by atoms with E-state index in [2.05, 4.69) is 12.1 Å². The predicted molar refractivity (Wildman–Crippen MR) is 108 cm³/mol. The number of hydrogen-bond donors (Lipinski definition) is 0. The second-order valence-electron chi connectivity index (χ2n) is 7.26. The number of nitrogens with zero attached hydrogens (tertiary/aromatic N) is 2. The van der Waals surface area contributed by atoms with Gasteiger partial charge in [-0.1, -0.05) is 36.4 Å². The van der Waals surface area contributed by atoms with Crippen LogP contribution in [0, 0.1) is 11.7 Å². The van der Waals surface area contributed by atoms with Crippen LogP contribution in [-0.2, 0) is 21.2 Å². The molecule has 0 N–H and O–H groups in total. The Morgan fingerprint density at radius 2 is 1.79 bits per heavy atom. The van der Waals surface area contributed by atoms with Gasteiger partial charge in [-0.3, -0.25) is 9.10 Å². The van der Waals surface area contributed by atoms with Crippen molar-refractivity contribution >= 4 is 21.6 Å². The molecule has 0 atom stereocenters. The summed E-state index contributed by atoms with van der Waals surface area (Å²) in [6, 6.07) is 15.6. The Hall–Kier alpha value is -2.41. The third kappa shape index (κ3) is 5.32. The molecule has 1 aliphatic heterocycles. The number of amides is 1. The summed E-state index contributed by atoms with van der Waals surface area (Å²) in [6.45, 7) is 0.903. The molecule has 1 amide bonds. The molecule has 7 heteroatoms. The van der Waals surface area contributed by atoms with Crippen molar-refractivity contribution in [1.29, 1.82) is 0 Å². The molecule has 0 radical (unpaired) electrons. The molecule has 28 heavy (non-hydrogen) atoms. The van der Waals surface area contributed by atoms with Crippen molar-refractivity contribution in [2.24, 2.45) is 5.92 Å². The van der Waals surface area contributed by atoms with Gasteiger partial charge >= 0.3 is 0 Å². The molecule has 0 spiro atoms. The molecule has 2 aromatic carbocycles. The van der Waals surface area contributed by atoms with Gasteiger partial charge in [0, 0.05) is 13.1 Å². The minimum Gasteiger partial charge on any atom is -0.341 e. The maximum atomic E-state index is 13.5. The van der Waals surface area contributed by atoms with Crippen LogP contribution in [0.5, 0.6) is 0 Å². The zero-order chi connectivity index (χ0) is 20.1. The number of benzene rings is 2. The molecule has 2 aromatic rings. The summed E-state index contributed by atoms with van der Waals surface area (Å²) in [5.74, 6) is -0.283. The van der Waals surface area contributed by atoms with Crippen LogP contribution >= 0.6 is 0 Å². The highest BCUT2D eigenvalue weighted by Crippen LogP contribution is 2.23. The first-order chi connectivity index (χ1) is 13.3. The van der Waals surface area contributed by atoms with Crippen LogP contribution in [0.3, 0.4) is 0 Å². The van der Waals surface area contributed by atoms with Gasteiger partial charge in [0.05, 0.1) is 11.9 Å². The molecule has 1 saturated heterocycles. The van der Waals surface area contributed by atoms with Crippen molar-refractivity contribution in [3.05, 3.63) is 66.0 Å². The summed E-state index contributed by atoms with van der Waals surface area (Å²) < 4.78 is 38.8. The van der Waals surface area contributed by atoms with Gasteiger partial charge in [0.15, 0.2) is 0 Å². The summed E-state index contributed by atoms with van der Waals surface area (Å²) in [6.07, 6.45) is 3.79. The fourth-order valence-electron chi connectivity index (χ4n) is 3.59. The summed E-state index contributed by atoms with van der Waals surface area (Å²) in [5.41, 5.74) is 1.46. The standard InChI is InChI=1S/C21H25FN2O3S/c1-28(26,27)24(20-9-5-8-19(22)15-20)16-21(25)23-12-10-18(11-13-23)14-17-6-3-2-4-7-17/h2-9,15,18H,10-14,16H2,1H3. The lowest BCUT2D eigenvalue weighted by Gasteiger charge is -2.33. The first-order valence-corrected chi connectivity index (χ1v) is 11.2. The van der Waals surface area contributed by atoms with Crippen molar-refractivity contribution in [3.63, 3.8) is 0 Å². The molecule has 1 heterocycles. The molecule has 150 valence electrons. The highest BCUT2D eigenvalue weighted by Gasteiger charge is 2.27. The lowest BCUT2D eigenvalue weighted by molar-refractivity contribution is -0.130. The van der Waals surface area contributed by atoms with Gasteiger partial charge in [-0.2, -0.15) is 0 Å². The number of hydrogen-bond acceptors (Lipinski definition) is 3. The van der Waals surface area contributed by atoms with Gasteiger partial charge in [0.2, 0.25) is 15.9 Å². The average Bonchev–Trinajstić information content (AvgIpc) is 2.66. The van der Waals surface area contributed by atoms with Crippen LogP contribution in [-0.4, -0.2) is 45.1 Å². The lowest BCUT2D eigenvalue weighted by Crippen LogP contribution is -2.46. The van der Waals surface area contributed by atoms with Crippen LogP contribution in [0.4, 0.5) is 10.1 Å². The average molecular weight is 405 g/mol. The van der Waals surface area contributed by atoms with Crippen molar-refractivity contribution < 1.29 is 17.6 Å². The number of anilines is 1. The molecule has 0 bridgehead atoms. The fraction of sp³-hybridized carbons (Fsp3) is 0.381. The zero-order valence-corrected chi connectivity index (χ0v) is 16.7. The third-order valence-electron chi connectivity index (χ3n) is 5.11. The van der Waals surface area contributed by atoms with E-state index in [1.54, 1.807) is 4.90 Å². The molecule has 0 aromatic heterocycles. The Morgan fingerprint density at radius 3 is 2.39 bits per heavy atom. The van der Waals surface area contributed by atoms with Gasteiger partial charge in [-0.05, 0) is 48.9 Å². The van der Waals surface area contributed by atoms with Crippen LogP contribution in [0.25, 0.3) is 0 Å². The van der Waals surface area contributed by atoms with E-state index in [-0.39, 0.29) is 18.1 Å². The van der Waals surface area contributed by atoms with Crippen molar-refractivity contribution in [2.45, 2.75) is 19.3 Å². The first-order valence-electron chi connectivity index (χ1n) is 9.38. The van der Waals surface area contributed by atoms with E-state index in [0.717, 1.165) is 35.9 Å². The first kappa shape index (κ1) is 20.3. The minimum absolute atomic E-state index is 0.162. The maximum Gasteiger partial charge on any atom is 0.243 e. The molecule has 1 aliphatic rings. The Balaban J connectivity index is 1.61. The molecule has 5 nitrogen and oxygen atoms in total. The minimum atomic E-state index is -3.70. The van der Waals surface area contributed by atoms with Crippen LogP contribution in [0.2, 0.25) is 0 Å². The summed E-state index contributed by atoms with van der Waals surface area (Å²) in [5, 5.41) is 0. The van der Waals surface area contributed by atoms with E-state index in [1.807, 2.05) is 18.2 Å². The second-order valence-corrected chi connectivity index (χ2v) is 9.17. The van der Waals surface area contributed by atoms with Crippen LogP contribution in [0.15, 0.2) is 54.6 Å². The van der Waals surface area contributed by atoms with Gasteiger partial charge < -0.3 is 4.90 Å². The Morgan fingerprint density at radius 1 is 1.11 bits per heavy atom. The Labute approximate surface area is 165 Å². The van der Waals surface area contributed by atoms with E-state index in [0.29, 0.717) is 19.0 Å². The normalized spacial score (nSPS) is 15.4. The molecule has 0 saturated carbocycles. The number of carbonyl (C=O) groups is 1. The third-order valence-corrected chi connectivity index (χ3v) is 6.25. The van der Waals surface area contributed by atoms with Crippen molar-refractivity contribution in [3.8, 4) is 0 Å². The molecule has 1 fully saturated rings. The monoisotopic (exact) mass is 404 g/mol. The van der Waals surface area contributed by atoms with Crippen LogP contribution in [0.1, 0.15) is 18.4 Å². The molecular weight excluding hydrogens is 379 g/mol. The van der Waals surface area contributed by atoms with Gasteiger partial charge in [-0.15, -0.1) is 0 Å². The quantitative estimate of drug-likeness (QED) is 0.744. The maximum absolute atomic E-state index is 13.5. The fourth-order valence-corrected chi connectivity index (χ4v) is 4.43. The Bertz CT molecular complexity index is 910. The molecule has 0 unspecified atom stereocenters. The SMILES string of the molecule is CS(=O)(=O)N(CC(=O)N1CCC(Cc2ccccc2)CC1)c1cccc(F)c1. The number of carbonyl (C=O) groups excluding carboxylic acids is 1. The van der Waals surface area contributed by atoms with Gasteiger partial charge in [0.25, 0.3) is 0 Å². The number of rotatable bonds is 6. The Kier molecular flexibility index (Phi) is 6.34. The topological polar surface area (TPSA) is 57.7 Å². The van der Waals surface area contributed by atoms with E-state index in [1.165, 1.54) is 23.8 Å². The van der Waals surface area contributed by atoms with Gasteiger partial charge in [0.1, 0.15) is 12.4 Å². The molecular formula is C21H25FN2O3S. The smallest absolute Gasteiger partial charge is 0.243 e. The van der Waals surface area contributed by atoms with Crippen molar-refractivity contribution in [2.75, 3.05) is 30.2 Å². The number of sulfonamides is 1.